The first-order chi connectivity index (χ1) is 8.19. The first kappa shape index (κ1) is 12.6. The van der Waals surface area contributed by atoms with Crippen LogP contribution in [0.3, 0.4) is 0 Å². The van der Waals surface area contributed by atoms with Gasteiger partial charge in [0.25, 0.3) is 0 Å². The summed E-state index contributed by atoms with van der Waals surface area (Å²) in [6.45, 7) is 2.46. The predicted octanol–water partition coefficient (Wildman–Crippen LogP) is 3.71. The summed E-state index contributed by atoms with van der Waals surface area (Å²) in [6, 6.07) is 7.48. The lowest BCUT2D eigenvalue weighted by molar-refractivity contribution is -0.150. The number of carbonyl (C=O) groups excluding carboxylic acids is 1. The van der Waals surface area contributed by atoms with Crippen LogP contribution in [-0.2, 0) is 15.1 Å². The second kappa shape index (κ2) is 5.19. The molecule has 92 valence electrons. The molecule has 1 atom stereocenters. The zero-order valence-electron chi connectivity index (χ0n) is 10.0. The zero-order chi connectivity index (χ0) is 12.3. The molecule has 0 amide bonds. The molecule has 17 heavy (non-hydrogen) atoms. The molecule has 0 aliphatic heterocycles. The van der Waals surface area contributed by atoms with Crippen molar-refractivity contribution in [1.82, 2.24) is 0 Å². The Labute approximate surface area is 107 Å². The highest BCUT2D eigenvalue weighted by atomic mass is 35.5. The van der Waals surface area contributed by atoms with E-state index in [0.717, 1.165) is 24.8 Å². The molecule has 1 aliphatic carbocycles. The molecule has 0 saturated heterocycles. The van der Waals surface area contributed by atoms with Gasteiger partial charge >= 0.3 is 0 Å². The van der Waals surface area contributed by atoms with Crippen LogP contribution in [0.1, 0.15) is 38.2 Å². The number of ketones is 1. The standard InChI is InChI=1S/C14H17ClO2/c1-2-17-14(9-4-3-8-13(14)16)11-6-5-7-12(15)10-11/h5-7,10H,2-4,8-9H2,1H3. The van der Waals surface area contributed by atoms with E-state index in [-0.39, 0.29) is 5.78 Å². The van der Waals surface area contributed by atoms with Gasteiger partial charge in [0, 0.05) is 18.1 Å². The highest BCUT2D eigenvalue weighted by molar-refractivity contribution is 6.30. The number of halogens is 1. The van der Waals surface area contributed by atoms with Gasteiger partial charge < -0.3 is 4.74 Å². The Bertz CT molecular complexity index is 412. The van der Waals surface area contributed by atoms with Crippen LogP contribution in [0.15, 0.2) is 24.3 Å². The van der Waals surface area contributed by atoms with Gasteiger partial charge in [-0.25, -0.2) is 0 Å². The van der Waals surface area contributed by atoms with E-state index in [4.69, 9.17) is 16.3 Å². The fraction of sp³-hybridized carbons (Fsp3) is 0.500. The number of hydrogen-bond acceptors (Lipinski definition) is 2. The van der Waals surface area contributed by atoms with Crippen molar-refractivity contribution in [2.45, 2.75) is 38.2 Å². The molecule has 0 spiro atoms. The molecule has 0 N–H and O–H groups in total. The molecular weight excluding hydrogens is 236 g/mol. The summed E-state index contributed by atoms with van der Waals surface area (Å²) in [6.07, 6.45) is 3.36. The van der Waals surface area contributed by atoms with E-state index in [0.29, 0.717) is 18.1 Å². The number of rotatable bonds is 3. The quantitative estimate of drug-likeness (QED) is 0.820. The van der Waals surface area contributed by atoms with Crippen molar-refractivity contribution in [2.75, 3.05) is 6.61 Å². The minimum absolute atomic E-state index is 0.188. The molecule has 0 heterocycles. The summed E-state index contributed by atoms with van der Waals surface area (Å²) in [5.74, 6) is 0.188. The van der Waals surface area contributed by atoms with E-state index in [9.17, 15) is 4.79 Å². The Morgan fingerprint density at radius 2 is 2.24 bits per heavy atom. The first-order valence-electron chi connectivity index (χ1n) is 6.12. The summed E-state index contributed by atoms with van der Waals surface area (Å²) in [7, 11) is 0. The topological polar surface area (TPSA) is 26.3 Å². The SMILES string of the molecule is CCOC1(c2cccc(Cl)c2)CCCCC1=O. The van der Waals surface area contributed by atoms with E-state index < -0.39 is 5.60 Å². The highest BCUT2D eigenvalue weighted by Gasteiger charge is 2.42. The van der Waals surface area contributed by atoms with Crippen molar-refractivity contribution in [2.24, 2.45) is 0 Å². The molecule has 0 bridgehead atoms. The van der Waals surface area contributed by atoms with Crippen LogP contribution < -0.4 is 0 Å². The lowest BCUT2D eigenvalue weighted by Crippen LogP contribution is -2.41. The van der Waals surface area contributed by atoms with Gasteiger partial charge in [0.2, 0.25) is 0 Å². The molecule has 2 nitrogen and oxygen atoms in total. The summed E-state index contributed by atoms with van der Waals surface area (Å²) >= 11 is 6.01. The summed E-state index contributed by atoms with van der Waals surface area (Å²) < 4.78 is 5.82. The molecule has 1 aromatic rings. The number of carbonyl (C=O) groups is 1. The summed E-state index contributed by atoms with van der Waals surface area (Å²) in [5.41, 5.74) is 0.148. The van der Waals surface area contributed by atoms with Crippen LogP contribution >= 0.6 is 11.6 Å². The lowest BCUT2D eigenvalue weighted by Gasteiger charge is -2.36. The van der Waals surface area contributed by atoms with Gasteiger partial charge in [-0.05, 0) is 43.9 Å². The number of hydrogen-bond donors (Lipinski definition) is 0. The van der Waals surface area contributed by atoms with Crippen LogP contribution in [-0.4, -0.2) is 12.4 Å². The lowest BCUT2D eigenvalue weighted by atomic mass is 9.78. The molecular formula is C14H17ClO2. The summed E-state index contributed by atoms with van der Waals surface area (Å²) in [5, 5.41) is 0.653. The van der Waals surface area contributed by atoms with Crippen LogP contribution in [0.4, 0.5) is 0 Å². The molecule has 1 aliphatic rings. The minimum Gasteiger partial charge on any atom is -0.363 e. The fourth-order valence-electron chi connectivity index (χ4n) is 2.53. The fourth-order valence-corrected chi connectivity index (χ4v) is 2.72. The molecule has 2 rings (SSSR count). The van der Waals surface area contributed by atoms with Gasteiger partial charge in [-0.2, -0.15) is 0 Å². The normalized spacial score (nSPS) is 24.9. The van der Waals surface area contributed by atoms with Crippen LogP contribution in [0.5, 0.6) is 0 Å². The molecule has 0 aromatic heterocycles. The minimum atomic E-state index is -0.752. The smallest absolute Gasteiger partial charge is 0.169 e. The third-order valence-corrected chi connectivity index (χ3v) is 3.55. The van der Waals surface area contributed by atoms with Crippen molar-refractivity contribution < 1.29 is 9.53 Å². The molecule has 1 aromatic carbocycles. The van der Waals surface area contributed by atoms with Crippen molar-refractivity contribution >= 4 is 17.4 Å². The Morgan fingerprint density at radius 1 is 1.41 bits per heavy atom. The second-order valence-electron chi connectivity index (χ2n) is 4.40. The number of Topliss-reactive ketones (excluding diaryl/α,β-unsaturated/α-hetero) is 1. The van der Waals surface area contributed by atoms with Crippen molar-refractivity contribution in [3.05, 3.63) is 34.9 Å². The van der Waals surface area contributed by atoms with Crippen molar-refractivity contribution in [3.63, 3.8) is 0 Å². The maximum Gasteiger partial charge on any atom is 0.169 e. The maximum atomic E-state index is 12.2. The Balaban J connectivity index is 2.42. The number of benzene rings is 1. The van der Waals surface area contributed by atoms with E-state index in [1.54, 1.807) is 0 Å². The van der Waals surface area contributed by atoms with E-state index in [1.165, 1.54) is 0 Å². The third kappa shape index (κ3) is 2.38. The zero-order valence-corrected chi connectivity index (χ0v) is 10.8. The number of ether oxygens (including phenoxy) is 1. The maximum absolute atomic E-state index is 12.2. The highest BCUT2D eigenvalue weighted by Crippen LogP contribution is 2.38. The van der Waals surface area contributed by atoms with Gasteiger partial charge in [0.1, 0.15) is 0 Å². The third-order valence-electron chi connectivity index (χ3n) is 3.31. The van der Waals surface area contributed by atoms with Gasteiger partial charge in [-0.15, -0.1) is 0 Å². The summed E-state index contributed by atoms with van der Waals surface area (Å²) in [4.78, 5) is 12.2. The molecule has 1 unspecified atom stereocenters. The van der Waals surface area contributed by atoms with Gasteiger partial charge in [0.15, 0.2) is 11.4 Å². The average Bonchev–Trinajstić information content (AvgIpc) is 2.32. The van der Waals surface area contributed by atoms with E-state index in [2.05, 4.69) is 0 Å². The van der Waals surface area contributed by atoms with Gasteiger partial charge in [0.05, 0.1) is 0 Å². The van der Waals surface area contributed by atoms with Crippen molar-refractivity contribution in [3.8, 4) is 0 Å². The first-order valence-corrected chi connectivity index (χ1v) is 6.50. The van der Waals surface area contributed by atoms with Crippen LogP contribution in [0.2, 0.25) is 5.02 Å². The van der Waals surface area contributed by atoms with Crippen molar-refractivity contribution in [1.29, 1.82) is 0 Å². The van der Waals surface area contributed by atoms with Crippen LogP contribution in [0.25, 0.3) is 0 Å². The molecule has 3 heteroatoms. The predicted molar refractivity (Wildman–Crippen MR) is 68.2 cm³/mol. The molecule has 0 radical (unpaired) electrons. The van der Waals surface area contributed by atoms with Gasteiger partial charge in [-0.1, -0.05) is 23.7 Å². The van der Waals surface area contributed by atoms with E-state index in [1.807, 2.05) is 31.2 Å². The Hall–Kier alpha value is -0.860. The molecule has 1 saturated carbocycles. The van der Waals surface area contributed by atoms with E-state index >= 15 is 0 Å². The Kier molecular flexibility index (Phi) is 3.85. The largest absolute Gasteiger partial charge is 0.363 e. The monoisotopic (exact) mass is 252 g/mol. The Morgan fingerprint density at radius 3 is 2.88 bits per heavy atom. The molecule has 1 fully saturated rings. The average molecular weight is 253 g/mol. The van der Waals surface area contributed by atoms with Gasteiger partial charge in [-0.3, -0.25) is 4.79 Å². The second-order valence-corrected chi connectivity index (χ2v) is 4.84. The van der Waals surface area contributed by atoms with Crippen LogP contribution in [0, 0.1) is 0 Å².